The van der Waals surface area contributed by atoms with E-state index in [0.717, 1.165) is 98.0 Å². The van der Waals surface area contributed by atoms with Gasteiger partial charge >= 0.3 is 0 Å². The monoisotopic (exact) mass is 654 g/mol. The minimum atomic E-state index is -0.130. The molecule has 5 rings (SSSR count). The van der Waals surface area contributed by atoms with Gasteiger partial charge in [0.25, 0.3) is 0 Å². The fourth-order valence-corrected chi connectivity index (χ4v) is 9.00. The van der Waals surface area contributed by atoms with Crippen molar-refractivity contribution in [1.29, 1.82) is 0 Å². The zero-order valence-electron chi connectivity index (χ0n) is 30.0. The Morgan fingerprint density at radius 1 is 0.979 bits per heavy atom. The van der Waals surface area contributed by atoms with Gasteiger partial charge in [0, 0.05) is 29.9 Å². The summed E-state index contributed by atoms with van der Waals surface area (Å²) in [5.41, 5.74) is 6.10. The van der Waals surface area contributed by atoms with Crippen LogP contribution in [0.2, 0.25) is 0 Å². The van der Waals surface area contributed by atoms with E-state index in [1.807, 2.05) is 19.1 Å². The van der Waals surface area contributed by atoms with Gasteiger partial charge in [0.2, 0.25) is 0 Å². The first-order chi connectivity index (χ1) is 23.0. The maximum atomic E-state index is 14.4. The highest BCUT2D eigenvalue weighted by Gasteiger charge is 2.35. The fourth-order valence-electron chi connectivity index (χ4n) is 9.00. The highest BCUT2D eigenvalue weighted by molar-refractivity contribution is 6.02. The van der Waals surface area contributed by atoms with Gasteiger partial charge in [-0.05, 0) is 135 Å². The van der Waals surface area contributed by atoms with Crippen molar-refractivity contribution in [3.05, 3.63) is 81.9 Å². The van der Waals surface area contributed by atoms with Gasteiger partial charge in [-0.2, -0.15) is 0 Å². The Balaban J connectivity index is 1.33. The van der Waals surface area contributed by atoms with E-state index in [9.17, 15) is 18.8 Å². The first kappa shape index (κ1) is 36.0. The number of halogens is 1. The second kappa shape index (κ2) is 15.9. The first-order valence-electron chi connectivity index (χ1n) is 18.6. The molecule has 48 heavy (non-hydrogen) atoms. The van der Waals surface area contributed by atoms with Crippen LogP contribution in [0.1, 0.15) is 149 Å². The van der Waals surface area contributed by atoms with Crippen LogP contribution in [-0.2, 0) is 22.4 Å². The molecule has 1 fully saturated rings. The Morgan fingerprint density at radius 3 is 2.35 bits per heavy atom. The molecular formula is C43H55FO4. The van der Waals surface area contributed by atoms with Crippen molar-refractivity contribution in [3.8, 4) is 11.3 Å². The molecule has 2 aromatic carbocycles. The molecule has 258 valence electrons. The maximum Gasteiger partial charge on any atom is 0.163 e. The van der Waals surface area contributed by atoms with E-state index >= 15 is 0 Å². The van der Waals surface area contributed by atoms with Crippen LogP contribution >= 0.6 is 0 Å². The van der Waals surface area contributed by atoms with Gasteiger partial charge in [-0.3, -0.25) is 14.4 Å². The predicted molar refractivity (Wildman–Crippen MR) is 191 cm³/mol. The molecule has 4 nitrogen and oxygen atoms in total. The van der Waals surface area contributed by atoms with Crippen LogP contribution < -0.4 is 0 Å². The second-order valence-electron chi connectivity index (χ2n) is 15.2. The summed E-state index contributed by atoms with van der Waals surface area (Å²) in [6, 6.07) is 13.6. The lowest BCUT2D eigenvalue weighted by molar-refractivity contribution is -0.129. The van der Waals surface area contributed by atoms with E-state index in [2.05, 4.69) is 45.9 Å². The molecule has 3 aromatic rings. The summed E-state index contributed by atoms with van der Waals surface area (Å²) in [5, 5.41) is 0. The number of carbonyl (C=O) groups is 3. The summed E-state index contributed by atoms with van der Waals surface area (Å²) in [4.78, 5) is 38.8. The third kappa shape index (κ3) is 8.09. The standard InChI is InChI=1S/C43H55FO4/c1-7-11-32(34(8-2)40(46)20-27(5)45)21-30-23-38-36(26(3)4)25-37(28(6)43(38)41(47)24-30)42-19-18-33(48-42)22-29-14-16-31(17-15-29)35-12-9-10-13-39(35)44/h9-10,12-13,18-19,25-26,29-32,34H,7-8,11,14-17,20-24H2,1-6H3. The van der Waals surface area contributed by atoms with E-state index in [-0.39, 0.29) is 53.3 Å². The van der Waals surface area contributed by atoms with E-state index in [4.69, 9.17) is 4.42 Å². The van der Waals surface area contributed by atoms with Gasteiger partial charge in [-0.1, -0.05) is 58.7 Å². The van der Waals surface area contributed by atoms with Gasteiger partial charge in [-0.25, -0.2) is 4.39 Å². The summed E-state index contributed by atoms with van der Waals surface area (Å²) in [7, 11) is 0. The van der Waals surface area contributed by atoms with E-state index in [1.165, 1.54) is 18.1 Å². The molecule has 0 N–H and O–H groups in total. The largest absolute Gasteiger partial charge is 0.461 e. The molecule has 0 radical (unpaired) electrons. The number of furan rings is 1. The molecule has 5 heteroatoms. The van der Waals surface area contributed by atoms with Crippen LogP contribution in [0.15, 0.2) is 46.9 Å². The summed E-state index contributed by atoms with van der Waals surface area (Å²) in [6.07, 6.45) is 9.80. The molecule has 1 saturated carbocycles. The number of ketones is 3. The van der Waals surface area contributed by atoms with Crippen molar-refractivity contribution in [2.45, 2.75) is 130 Å². The molecule has 3 unspecified atom stereocenters. The van der Waals surface area contributed by atoms with Crippen molar-refractivity contribution in [1.82, 2.24) is 0 Å². The molecule has 1 aromatic heterocycles. The average molecular weight is 655 g/mol. The summed E-state index contributed by atoms with van der Waals surface area (Å²) >= 11 is 0. The fraction of sp³-hybridized carbons (Fsp3) is 0.558. The minimum Gasteiger partial charge on any atom is -0.461 e. The van der Waals surface area contributed by atoms with Crippen molar-refractivity contribution < 1.29 is 23.2 Å². The Kier molecular flexibility index (Phi) is 11.9. The number of fused-ring (bicyclic) bond motifs is 1. The Hall–Kier alpha value is -3.34. The number of rotatable bonds is 14. The topological polar surface area (TPSA) is 64.3 Å². The molecule has 0 spiro atoms. The molecule has 2 aliphatic rings. The summed E-state index contributed by atoms with van der Waals surface area (Å²) in [6.45, 7) is 12.1. The van der Waals surface area contributed by atoms with Gasteiger partial charge in [0.05, 0.1) is 6.42 Å². The van der Waals surface area contributed by atoms with Crippen LogP contribution in [0.3, 0.4) is 0 Å². The lowest BCUT2D eigenvalue weighted by Crippen LogP contribution is -2.30. The molecule has 1 heterocycles. The molecule has 0 bridgehead atoms. The Labute approximate surface area is 287 Å². The average Bonchev–Trinajstić information content (AvgIpc) is 3.49. The van der Waals surface area contributed by atoms with Gasteiger partial charge in [0.15, 0.2) is 5.78 Å². The highest BCUT2D eigenvalue weighted by atomic mass is 19.1. The number of carbonyl (C=O) groups excluding carboxylic acids is 3. The summed E-state index contributed by atoms with van der Waals surface area (Å²) in [5.74, 6) is 3.18. The van der Waals surface area contributed by atoms with E-state index in [1.54, 1.807) is 12.1 Å². The first-order valence-corrected chi connectivity index (χ1v) is 18.6. The van der Waals surface area contributed by atoms with Crippen LogP contribution in [0.5, 0.6) is 0 Å². The Bertz CT molecular complexity index is 1600. The molecule has 0 amide bonds. The molecule has 2 aliphatic carbocycles. The zero-order valence-corrected chi connectivity index (χ0v) is 30.0. The van der Waals surface area contributed by atoms with Crippen LogP contribution in [0, 0.1) is 36.4 Å². The van der Waals surface area contributed by atoms with Gasteiger partial charge < -0.3 is 4.42 Å². The van der Waals surface area contributed by atoms with Crippen LogP contribution in [-0.4, -0.2) is 17.3 Å². The maximum absolute atomic E-state index is 14.4. The molecular weight excluding hydrogens is 599 g/mol. The smallest absolute Gasteiger partial charge is 0.163 e. The van der Waals surface area contributed by atoms with Crippen molar-refractivity contribution in [2.75, 3.05) is 0 Å². The van der Waals surface area contributed by atoms with Crippen LogP contribution in [0.25, 0.3) is 11.3 Å². The Morgan fingerprint density at radius 2 is 1.71 bits per heavy atom. The third-order valence-corrected chi connectivity index (χ3v) is 11.3. The SMILES string of the molecule is CCCC(CC1CC(=O)c2c(C)c(-c3ccc(CC4CCC(c5ccccc5F)CC4)o3)cc(C(C)C)c2C1)C(CC)C(=O)CC(C)=O. The predicted octanol–water partition coefficient (Wildman–Crippen LogP) is 11.2. The van der Waals surface area contributed by atoms with Crippen molar-refractivity contribution in [3.63, 3.8) is 0 Å². The number of hydrogen-bond donors (Lipinski definition) is 0. The van der Waals surface area contributed by atoms with Crippen molar-refractivity contribution in [2.24, 2.45) is 23.7 Å². The molecule has 3 atom stereocenters. The number of hydrogen-bond acceptors (Lipinski definition) is 4. The van der Waals surface area contributed by atoms with Crippen molar-refractivity contribution >= 4 is 17.3 Å². The van der Waals surface area contributed by atoms with Gasteiger partial charge in [-0.15, -0.1) is 0 Å². The molecule has 0 aliphatic heterocycles. The van der Waals surface area contributed by atoms with Crippen LogP contribution in [0.4, 0.5) is 4.39 Å². The molecule has 0 saturated heterocycles. The zero-order chi connectivity index (χ0) is 34.5. The van der Waals surface area contributed by atoms with E-state index < -0.39 is 0 Å². The van der Waals surface area contributed by atoms with E-state index in [0.29, 0.717) is 18.3 Å². The lowest BCUT2D eigenvalue weighted by atomic mass is 9.70. The number of Topliss-reactive ketones (excluding diaryl/α,β-unsaturated/α-hetero) is 3. The summed E-state index contributed by atoms with van der Waals surface area (Å²) < 4.78 is 20.9. The highest BCUT2D eigenvalue weighted by Crippen LogP contribution is 2.43. The number of benzene rings is 2. The third-order valence-electron chi connectivity index (χ3n) is 11.3. The second-order valence-corrected chi connectivity index (χ2v) is 15.2. The normalized spacial score (nSPS) is 20.8. The lowest BCUT2D eigenvalue weighted by Gasteiger charge is -2.33. The van der Waals surface area contributed by atoms with Gasteiger partial charge in [0.1, 0.15) is 28.9 Å². The minimum absolute atomic E-state index is 0.00964. The quantitative estimate of drug-likeness (QED) is 0.162.